The van der Waals surface area contributed by atoms with Crippen LogP contribution in [0.1, 0.15) is 10.4 Å². The van der Waals surface area contributed by atoms with Crippen molar-refractivity contribution in [1.29, 1.82) is 0 Å². The smallest absolute Gasteiger partial charge is 0.257 e. The monoisotopic (exact) mass is 281 g/mol. The summed E-state index contributed by atoms with van der Waals surface area (Å²) in [5.74, 6) is -3.74. The lowest BCUT2D eigenvalue weighted by Crippen LogP contribution is -2.14. The highest BCUT2D eigenvalue weighted by molar-refractivity contribution is 6.04. The SMILES string of the molecule is CNc1ccc(C(=O)Nc2cc(F)c(F)cc2F)cn1. The summed E-state index contributed by atoms with van der Waals surface area (Å²) >= 11 is 0. The first-order chi connectivity index (χ1) is 9.51. The van der Waals surface area contributed by atoms with E-state index in [4.69, 9.17) is 0 Å². The lowest BCUT2D eigenvalue weighted by Gasteiger charge is -2.07. The molecule has 2 rings (SSSR count). The van der Waals surface area contributed by atoms with E-state index in [1.54, 1.807) is 13.1 Å². The molecule has 0 radical (unpaired) electrons. The van der Waals surface area contributed by atoms with Crippen LogP contribution < -0.4 is 10.6 Å². The van der Waals surface area contributed by atoms with Crippen LogP contribution in [0.5, 0.6) is 0 Å². The minimum absolute atomic E-state index is 0.160. The highest BCUT2D eigenvalue weighted by atomic mass is 19.2. The Hall–Kier alpha value is -2.57. The number of amides is 1. The van der Waals surface area contributed by atoms with Crippen molar-refractivity contribution in [3.63, 3.8) is 0 Å². The molecule has 1 amide bonds. The maximum absolute atomic E-state index is 13.4. The van der Waals surface area contributed by atoms with Gasteiger partial charge in [-0.15, -0.1) is 0 Å². The molecule has 0 aliphatic heterocycles. The van der Waals surface area contributed by atoms with Crippen molar-refractivity contribution in [3.05, 3.63) is 53.5 Å². The van der Waals surface area contributed by atoms with Gasteiger partial charge < -0.3 is 10.6 Å². The van der Waals surface area contributed by atoms with E-state index in [0.29, 0.717) is 18.0 Å². The molecule has 0 aliphatic carbocycles. The van der Waals surface area contributed by atoms with Gasteiger partial charge in [0, 0.05) is 25.4 Å². The first-order valence-electron chi connectivity index (χ1n) is 5.61. The fourth-order valence-electron chi connectivity index (χ4n) is 1.49. The molecule has 4 nitrogen and oxygen atoms in total. The molecular formula is C13H10F3N3O. The maximum Gasteiger partial charge on any atom is 0.257 e. The zero-order valence-corrected chi connectivity index (χ0v) is 10.4. The van der Waals surface area contributed by atoms with Crippen molar-refractivity contribution in [2.75, 3.05) is 17.7 Å². The Bertz CT molecular complexity index is 644. The molecule has 0 atom stereocenters. The Morgan fingerprint density at radius 3 is 2.40 bits per heavy atom. The van der Waals surface area contributed by atoms with Crippen molar-refractivity contribution in [3.8, 4) is 0 Å². The molecule has 0 aliphatic rings. The van der Waals surface area contributed by atoms with Crippen LogP contribution in [-0.4, -0.2) is 17.9 Å². The van der Waals surface area contributed by atoms with E-state index in [9.17, 15) is 18.0 Å². The number of carbonyl (C=O) groups excluding carboxylic acids is 1. The van der Waals surface area contributed by atoms with E-state index in [0.717, 1.165) is 0 Å². The van der Waals surface area contributed by atoms with Gasteiger partial charge in [-0.05, 0) is 12.1 Å². The Labute approximate surface area is 112 Å². The number of hydrogen-bond donors (Lipinski definition) is 2. The zero-order chi connectivity index (χ0) is 14.7. The molecule has 0 bridgehead atoms. The van der Waals surface area contributed by atoms with Gasteiger partial charge in [0.1, 0.15) is 11.6 Å². The summed E-state index contributed by atoms with van der Waals surface area (Å²) in [6, 6.07) is 3.97. The fourth-order valence-corrected chi connectivity index (χ4v) is 1.49. The molecule has 1 aromatic heterocycles. The molecule has 0 saturated heterocycles. The first kappa shape index (κ1) is 13.9. The second-order valence-electron chi connectivity index (χ2n) is 3.88. The largest absolute Gasteiger partial charge is 0.373 e. The third-order valence-corrected chi connectivity index (χ3v) is 2.54. The lowest BCUT2D eigenvalue weighted by molar-refractivity contribution is 0.102. The quantitative estimate of drug-likeness (QED) is 0.851. The van der Waals surface area contributed by atoms with Crippen molar-refractivity contribution < 1.29 is 18.0 Å². The van der Waals surface area contributed by atoms with Crippen LogP contribution in [0.3, 0.4) is 0 Å². The summed E-state index contributed by atoms with van der Waals surface area (Å²) in [7, 11) is 1.67. The van der Waals surface area contributed by atoms with Gasteiger partial charge in [-0.25, -0.2) is 18.2 Å². The van der Waals surface area contributed by atoms with Crippen LogP contribution in [0.15, 0.2) is 30.5 Å². The minimum Gasteiger partial charge on any atom is -0.373 e. The molecule has 1 aromatic carbocycles. The highest BCUT2D eigenvalue weighted by Gasteiger charge is 2.13. The standard InChI is InChI=1S/C13H10F3N3O/c1-17-12-3-2-7(6-18-12)13(20)19-11-5-9(15)8(14)4-10(11)16/h2-6H,1H3,(H,17,18)(H,19,20). The fraction of sp³-hybridized carbons (Fsp3) is 0.0769. The van der Waals surface area contributed by atoms with Gasteiger partial charge in [0.15, 0.2) is 11.6 Å². The molecule has 0 spiro atoms. The van der Waals surface area contributed by atoms with Crippen LogP contribution in [0, 0.1) is 17.5 Å². The van der Waals surface area contributed by atoms with E-state index in [1.807, 2.05) is 0 Å². The molecule has 0 fully saturated rings. The topological polar surface area (TPSA) is 54.0 Å². The van der Waals surface area contributed by atoms with Gasteiger partial charge in [0.25, 0.3) is 5.91 Å². The van der Waals surface area contributed by atoms with Gasteiger partial charge in [-0.3, -0.25) is 4.79 Å². The Morgan fingerprint density at radius 2 is 1.80 bits per heavy atom. The second kappa shape index (κ2) is 5.60. The summed E-state index contributed by atoms with van der Waals surface area (Å²) in [5, 5.41) is 4.92. The molecule has 2 N–H and O–H groups in total. The van der Waals surface area contributed by atoms with Crippen molar-refractivity contribution in [1.82, 2.24) is 4.98 Å². The molecule has 2 aromatic rings. The Kier molecular flexibility index (Phi) is 3.88. The number of rotatable bonds is 3. The molecule has 0 unspecified atom stereocenters. The molecule has 1 heterocycles. The first-order valence-corrected chi connectivity index (χ1v) is 5.61. The zero-order valence-electron chi connectivity index (χ0n) is 10.4. The number of benzene rings is 1. The van der Waals surface area contributed by atoms with Crippen molar-refractivity contribution in [2.45, 2.75) is 0 Å². The molecule has 0 saturated carbocycles. The van der Waals surface area contributed by atoms with Crippen LogP contribution in [0.25, 0.3) is 0 Å². The van der Waals surface area contributed by atoms with Crippen LogP contribution >= 0.6 is 0 Å². The highest BCUT2D eigenvalue weighted by Crippen LogP contribution is 2.19. The summed E-state index contributed by atoms with van der Waals surface area (Å²) < 4.78 is 39.1. The number of pyridine rings is 1. The van der Waals surface area contributed by atoms with E-state index >= 15 is 0 Å². The van der Waals surface area contributed by atoms with Gasteiger partial charge in [-0.2, -0.15) is 0 Å². The summed E-state index contributed by atoms with van der Waals surface area (Å²) in [4.78, 5) is 15.7. The number of nitrogens with zero attached hydrogens (tertiary/aromatic N) is 1. The van der Waals surface area contributed by atoms with Gasteiger partial charge in [0.05, 0.1) is 11.3 Å². The second-order valence-corrected chi connectivity index (χ2v) is 3.88. The van der Waals surface area contributed by atoms with Crippen molar-refractivity contribution in [2.24, 2.45) is 0 Å². The van der Waals surface area contributed by atoms with E-state index in [-0.39, 0.29) is 5.56 Å². The predicted octanol–water partition coefficient (Wildman–Crippen LogP) is 2.79. The average molecular weight is 281 g/mol. The third kappa shape index (κ3) is 2.87. The lowest BCUT2D eigenvalue weighted by atomic mass is 10.2. The van der Waals surface area contributed by atoms with E-state index in [2.05, 4.69) is 15.6 Å². The average Bonchev–Trinajstić information content (AvgIpc) is 2.44. The Morgan fingerprint density at radius 1 is 1.10 bits per heavy atom. The van der Waals surface area contributed by atoms with Crippen molar-refractivity contribution >= 4 is 17.4 Å². The van der Waals surface area contributed by atoms with Gasteiger partial charge in [-0.1, -0.05) is 0 Å². The number of halogens is 3. The maximum atomic E-state index is 13.4. The molecule has 104 valence electrons. The minimum atomic E-state index is -1.32. The van der Waals surface area contributed by atoms with E-state index < -0.39 is 29.0 Å². The predicted molar refractivity (Wildman–Crippen MR) is 68.1 cm³/mol. The number of carbonyl (C=O) groups is 1. The molecule has 20 heavy (non-hydrogen) atoms. The molecule has 7 heteroatoms. The third-order valence-electron chi connectivity index (χ3n) is 2.54. The summed E-state index contributed by atoms with van der Waals surface area (Å²) in [5.41, 5.74) is -0.278. The number of hydrogen-bond acceptors (Lipinski definition) is 3. The van der Waals surface area contributed by atoms with Crippen LogP contribution in [-0.2, 0) is 0 Å². The van der Waals surface area contributed by atoms with Gasteiger partial charge >= 0.3 is 0 Å². The summed E-state index contributed by atoms with van der Waals surface area (Å²) in [6.07, 6.45) is 1.28. The number of anilines is 2. The van der Waals surface area contributed by atoms with Crippen LogP contribution in [0.2, 0.25) is 0 Å². The van der Waals surface area contributed by atoms with Crippen LogP contribution in [0.4, 0.5) is 24.7 Å². The van der Waals surface area contributed by atoms with E-state index in [1.165, 1.54) is 12.3 Å². The number of aromatic nitrogens is 1. The Balaban J connectivity index is 2.20. The normalized spacial score (nSPS) is 10.2. The van der Waals surface area contributed by atoms with Gasteiger partial charge in [0.2, 0.25) is 0 Å². The molecular weight excluding hydrogens is 271 g/mol. The summed E-state index contributed by atoms with van der Waals surface area (Å²) in [6.45, 7) is 0. The number of nitrogens with one attached hydrogen (secondary N) is 2.